The lowest BCUT2D eigenvalue weighted by Gasteiger charge is -2.24. The minimum Gasteiger partial charge on any atom is -0.449 e. The van der Waals surface area contributed by atoms with Gasteiger partial charge in [-0.3, -0.25) is 15.0 Å². The summed E-state index contributed by atoms with van der Waals surface area (Å²) < 4.78 is 5.07. The Morgan fingerprint density at radius 1 is 1.21 bits per heavy atom. The van der Waals surface area contributed by atoms with Crippen LogP contribution in [0.2, 0.25) is 0 Å². The molecular weight excluding hydrogens is 364 g/mol. The second-order valence-electron chi connectivity index (χ2n) is 6.89. The number of nitrogens with two attached hydrogens (primary N) is 3. The van der Waals surface area contributed by atoms with Crippen molar-refractivity contribution in [3.63, 3.8) is 0 Å². The lowest BCUT2D eigenvalue weighted by atomic mass is 9.98. The highest BCUT2D eigenvalue weighted by molar-refractivity contribution is 5.80. The maximum Gasteiger partial charge on any atom is 0.407 e. The van der Waals surface area contributed by atoms with Crippen LogP contribution in [0.25, 0.3) is 0 Å². The van der Waals surface area contributed by atoms with E-state index in [9.17, 15) is 14.4 Å². The third kappa shape index (κ3) is 10.2. The summed E-state index contributed by atoms with van der Waals surface area (Å²) in [6.07, 6.45) is 9.20. The van der Waals surface area contributed by atoms with E-state index in [2.05, 4.69) is 10.6 Å². The number of hydrogen-bond donors (Lipinski definition) is 6. The van der Waals surface area contributed by atoms with Crippen LogP contribution in [0.3, 0.4) is 0 Å². The molecule has 0 aromatic carbocycles. The Morgan fingerprint density at radius 3 is 2.75 bits per heavy atom. The van der Waals surface area contributed by atoms with Crippen molar-refractivity contribution in [1.82, 2.24) is 16.1 Å². The van der Waals surface area contributed by atoms with Crippen molar-refractivity contribution in [2.24, 2.45) is 17.3 Å². The average Bonchev–Trinajstić information content (AvgIpc) is 2.66. The van der Waals surface area contributed by atoms with Gasteiger partial charge in [0, 0.05) is 12.6 Å². The smallest absolute Gasteiger partial charge is 0.407 e. The highest BCUT2D eigenvalue weighted by atomic mass is 16.5. The normalized spacial score (nSPS) is 20.4. The van der Waals surface area contributed by atoms with Gasteiger partial charge in [-0.2, -0.15) is 0 Å². The van der Waals surface area contributed by atoms with Gasteiger partial charge in [-0.05, 0) is 38.5 Å². The van der Waals surface area contributed by atoms with Crippen molar-refractivity contribution in [2.75, 3.05) is 13.2 Å². The molecule has 0 spiro atoms. The molecule has 0 fully saturated rings. The monoisotopic (exact) mass is 398 g/mol. The van der Waals surface area contributed by atoms with Crippen molar-refractivity contribution in [3.8, 4) is 0 Å². The molecule has 3 amide bonds. The zero-order valence-electron chi connectivity index (χ0n) is 16.3. The predicted octanol–water partition coefficient (Wildman–Crippen LogP) is -0.467. The van der Waals surface area contributed by atoms with Gasteiger partial charge < -0.3 is 26.8 Å². The van der Waals surface area contributed by atoms with Gasteiger partial charge >= 0.3 is 6.09 Å². The number of ether oxygens (including phenoxy) is 1. The molecule has 3 atom stereocenters. The summed E-state index contributed by atoms with van der Waals surface area (Å²) in [5.74, 6) is 4.38. The van der Waals surface area contributed by atoms with Crippen LogP contribution >= 0.6 is 0 Å². The van der Waals surface area contributed by atoms with Gasteiger partial charge in [0.15, 0.2) is 0 Å². The van der Waals surface area contributed by atoms with Crippen LogP contribution < -0.4 is 33.4 Å². The van der Waals surface area contributed by atoms with Crippen molar-refractivity contribution in [1.29, 1.82) is 0 Å². The van der Waals surface area contributed by atoms with Gasteiger partial charge in [-0.15, -0.1) is 0 Å². The van der Waals surface area contributed by atoms with Gasteiger partial charge in [-0.25, -0.2) is 10.6 Å². The maximum absolute atomic E-state index is 11.9. The SMILES string of the molecule is NNC(=O)C(N)CCCCNC(=O)CCOC(=O)NC1CCCCC=CC1N. The van der Waals surface area contributed by atoms with E-state index in [4.69, 9.17) is 22.0 Å². The summed E-state index contributed by atoms with van der Waals surface area (Å²) in [6, 6.07) is -1.04. The first-order valence-corrected chi connectivity index (χ1v) is 9.82. The molecule has 0 saturated carbocycles. The van der Waals surface area contributed by atoms with E-state index in [-0.39, 0.29) is 31.0 Å². The van der Waals surface area contributed by atoms with E-state index >= 15 is 0 Å². The number of nitrogens with one attached hydrogen (secondary N) is 3. The minimum atomic E-state index is -0.644. The lowest BCUT2D eigenvalue weighted by Crippen LogP contribution is -2.47. The zero-order chi connectivity index (χ0) is 20.8. The van der Waals surface area contributed by atoms with Gasteiger partial charge in [0.2, 0.25) is 5.91 Å². The molecule has 10 heteroatoms. The zero-order valence-corrected chi connectivity index (χ0v) is 16.3. The molecule has 0 bridgehead atoms. The van der Waals surface area contributed by atoms with Gasteiger partial charge in [-0.1, -0.05) is 18.6 Å². The molecule has 28 heavy (non-hydrogen) atoms. The van der Waals surface area contributed by atoms with E-state index in [1.54, 1.807) is 0 Å². The van der Waals surface area contributed by atoms with Gasteiger partial charge in [0.05, 0.1) is 18.5 Å². The van der Waals surface area contributed by atoms with Crippen molar-refractivity contribution >= 4 is 17.9 Å². The van der Waals surface area contributed by atoms with Crippen LogP contribution in [-0.4, -0.2) is 49.2 Å². The molecular formula is C18H34N6O4. The highest BCUT2D eigenvalue weighted by Crippen LogP contribution is 2.11. The molecule has 0 radical (unpaired) electrons. The number of carbonyl (C=O) groups is 3. The number of carbonyl (C=O) groups excluding carboxylic acids is 3. The Kier molecular flexibility index (Phi) is 11.9. The summed E-state index contributed by atoms with van der Waals surface area (Å²) in [7, 11) is 0. The second kappa shape index (κ2) is 13.9. The Labute approximate surface area is 165 Å². The first-order valence-electron chi connectivity index (χ1n) is 9.82. The van der Waals surface area contributed by atoms with E-state index < -0.39 is 18.0 Å². The summed E-state index contributed by atoms with van der Waals surface area (Å²) in [4.78, 5) is 34.8. The fraction of sp³-hybridized carbons (Fsp3) is 0.722. The number of alkyl carbamates (subject to hydrolysis) is 1. The van der Waals surface area contributed by atoms with Crippen molar-refractivity contribution < 1.29 is 19.1 Å². The molecule has 0 saturated heterocycles. The number of allylic oxidation sites excluding steroid dienone is 1. The molecule has 0 heterocycles. The third-order valence-corrected chi connectivity index (χ3v) is 4.57. The lowest BCUT2D eigenvalue weighted by molar-refractivity contribution is -0.123. The summed E-state index contributed by atoms with van der Waals surface area (Å²) in [5, 5.41) is 5.50. The second-order valence-corrected chi connectivity index (χ2v) is 6.89. The number of rotatable bonds is 10. The van der Waals surface area contributed by atoms with Crippen LogP contribution in [0.15, 0.2) is 12.2 Å². The standard InChI is InChI=1S/C18H34N6O4/c19-13-7-3-1-2-4-9-15(13)23-18(27)28-12-10-16(25)22-11-6-5-8-14(20)17(26)24-21/h3,7,13-15H,1-2,4-6,8-12,19-21H2,(H,22,25)(H,23,27)(H,24,26). The average molecular weight is 399 g/mol. The molecule has 0 aliphatic heterocycles. The van der Waals surface area contributed by atoms with Crippen molar-refractivity contribution in [3.05, 3.63) is 12.2 Å². The molecule has 1 aliphatic carbocycles. The van der Waals surface area contributed by atoms with Gasteiger partial charge in [0.25, 0.3) is 5.91 Å². The Bertz CT molecular complexity index is 528. The molecule has 0 aromatic rings. The molecule has 0 aromatic heterocycles. The number of hydrazine groups is 1. The largest absolute Gasteiger partial charge is 0.449 e. The van der Waals surface area contributed by atoms with Crippen molar-refractivity contribution in [2.45, 2.75) is 69.5 Å². The Balaban J connectivity index is 2.10. The van der Waals surface area contributed by atoms with Crippen LogP contribution in [0.4, 0.5) is 4.79 Å². The minimum absolute atomic E-state index is 0.00297. The first-order chi connectivity index (χ1) is 13.4. The number of amides is 3. The van der Waals surface area contributed by atoms with Crippen LogP contribution in [0.5, 0.6) is 0 Å². The predicted molar refractivity (Wildman–Crippen MR) is 106 cm³/mol. The Morgan fingerprint density at radius 2 is 2.00 bits per heavy atom. The molecule has 3 unspecified atom stereocenters. The van der Waals surface area contributed by atoms with Gasteiger partial charge in [0.1, 0.15) is 6.61 Å². The first kappa shape index (κ1) is 23.9. The number of unbranched alkanes of at least 4 members (excludes halogenated alkanes) is 1. The molecule has 9 N–H and O–H groups in total. The topological polar surface area (TPSA) is 175 Å². The molecule has 1 rings (SSSR count). The van der Waals surface area contributed by atoms with Crippen LogP contribution in [0.1, 0.15) is 51.4 Å². The van der Waals surface area contributed by atoms with E-state index in [0.717, 1.165) is 25.7 Å². The fourth-order valence-electron chi connectivity index (χ4n) is 2.85. The molecule has 1 aliphatic rings. The quantitative estimate of drug-likeness (QED) is 0.0948. The van der Waals surface area contributed by atoms with Crippen LogP contribution in [0, 0.1) is 0 Å². The Hall–Kier alpha value is -2.17. The summed E-state index contributed by atoms with van der Waals surface area (Å²) >= 11 is 0. The van der Waals surface area contributed by atoms with E-state index in [1.807, 2.05) is 17.6 Å². The highest BCUT2D eigenvalue weighted by Gasteiger charge is 2.19. The number of hydrogen-bond acceptors (Lipinski definition) is 7. The molecule has 10 nitrogen and oxygen atoms in total. The third-order valence-electron chi connectivity index (χ3n) is 4.57. The maximum atomic E-state index is 11.9. The van der Waals surface area contributed by atoms with E-state index in [1.165, 1.54) is 0 Å². The molecule has 160 valence electrons. The van der Waals surface area contributed by atoms with E-state index in [0.29, 0.717) is 25.8 Å². The van der Waals surface area contributed by atoms with Crippen LogP contribution in [-0.2, 0) is 14.3 Å². The fourth-order valence-corrected chi connectivity index (χ4v) is 2.85. The summed E-state index contributed by atoms with van der Waals surface area (Å²) in [5.41, 5.74) is 13.6. The summed E-state index contributed by atoms with van der Waals surface area (Å²) in [6.45, 7) is 0.461.